The number of carbonyl (C=O) groups is 2. The van der Waals surface area contributed by atoms with Crippen LogP contribution >= 0.6 is 0 Å². The van der Waals surface area contributed by atoms with Crippen molar-refractivity contribution in [2.75, 3.05) is 18.4 Å². The summed E-state index contributed by atoms with van der Waals surface area (Å²) in [6.07, 6.45) is 0.648. The lowest BCUT2D eigenvalue weighted by molar-refractivity contribution is 0.0953. The van der Waals surface area contributed by atoms with Gasteiger partial charge in [-0.3, -0.25) is 4.79 Å². The van der Waals surface area contributed by atoms with Crippen molar-refractivity contribution < 1.29 is 9.59 Å². The van der Waals surface area contributed by atoms with Crippen molar-refractivity contribution in [1.29, 1.82) is 0 Å². The third-order valence-electron chi connectivity index (χ3n) is 3.41. The lowest BCUT2D eigenvalue weighted by Crippen LogP contribution is -2.32. The number of rotatable bonds is 7. The summed E-state index contributed by atoms with van der Waals surface area (Å²) in [5.41, 5.74) is 7.85. The molecule has 3 amide bonds. The number of nitrogens with two attached hydrogens (primary N) is 1. The van der Waals surface area contributed by atoms with Crippen LogP contribution in [0.4, 0.5) is 10.5 Å². The van der Waals surface area contributed by atoms with Crippen LogP contribution in [0, 0.1) is 0 Å². The maximum atomic E-state index is 11.9. The van der Waals surface area contributed by atoms with E-state index in [9.17, 15) is 9.59 Å². The van der Waals surface area contributed by atoms with Crippen molar-refractivity contribution >= 4 is 17.6 Å². The van der Waals surface area contributed by atoms with E-state index < -0.39 is 0 Å². The second-order valence-corrected chi connectivity index (χ2v) is 5.26. The van der Waals surface area contributed by atoms with Crippen molar-refractivity contribution in [2.24, 2.45) is 5.73 Å². The number of urea groups is 1. The zero-order valence-electron chi connectivity index (χ0n) is 13.4. The van der Waals surface area contributed by atoms with Gasteiger partial charge in [-0.2, -0.15) is 0 Å². The molecule has 0 atom stereocenters. The summed E-state index contributed by atoms with van der Waals surface area (Å²) in [7, 11) is 0. The quantitative estimate of drug-likeness (QED) is 0.587. The van der Waals surface area contributed by atoms with Crippen LogP contribution in [0.5, 0.6) is 0 Å². The fraction of sp³-hybridized carbons (Fsp3) is 0.222. The highest BCUT2D eigenvalue weighted by atomic mass is 16.2. The molecule has 0 aliphatic heterocycles. The summed E-state index contributed by atoms with van der Waals surface area (Å²) in [6, 6.07) is 16.1. The van der Waals surface area contributed by atoms with Crippen LogP contribution in [0.15, 0.2) is 54.6 Å². The van der Waals surface area contributed by atoms with E-state index in [4.69, 9.17) is 5.73 Å². The average molecular weight is 326 g/mol. The second-order valence-electron chi connectivity index (χ2n) is 5.26. The maximum absolute atomic E-state index is 11.9. The van der Waals surface area contributed by atoms with Crippen LogP contribution in [0.3, 0.4) is 0 Å². The summed E-state index contributed by atoms with van der Waals surface area (Å²) >= 11 is 0. The molecular weight excluding hydrogens is 304 g/mol. The first-order valence-corrected chi connectivity index (χ1v) is 7.86. The number of anilines is 1. The lowest BCUT2D eigenvalue weighted by atomic mass is 10.1. The monoisotopic (exact) mass is 326 g/mol. The molecule has 0 fully saturated rings. The van der Waals surface area contributed by atoms with Gasteiger partial charge in [-0.25, -0.2) is 4.79 Å². The van der Waals surface area contributed by atoms with Gasteiger partial charge in [0.15, 0.2) is 0 Å². The summed E-state index contributed by atoms with van der Waals surface area (Å²) in [5.74, 6) is -0.132. The first-order valence-electron chi connectivity index (χ1n) is 7.86. The van der Waals surface area contributed by atoms with Gasteiger partial charge in [0.1, 0.15) is 0 Å². The fourth-order valence-electron chi connectivity index (χ4n) is 2.08. The molecule has 0 unspecified atom stereocenters. The molecule has 0 aromatic heterocycles. The lowest BCUT2D eigenvalue weighted by Gasteiger charge is -2.08. The summed E-state index contributed by atoms with van der Waals surface area (Å²) in [6.45, 7) is 1.42. The third kappa shape index (κ3) is 5.73. The van der Waals surface area contributed by atoms with Gasteiger partial charge >= 0.3 is 6.03 Å². The highest BCUT2D eigenvalue weighted by Crippen LogP contribution is 2.04. The molecule has 2 rings (SSSR count). The predicted molar refractivity (Wildman–Crippen MR) is 94.7 cm³/mol. The Balaban J connectivity index is 1.62. The Morgan fingerprint density at radius 2 is 1.54 bits per heavy atom. The van der Waals surface area contributed by atoms with Crippen LogP contribution in [-0.2, 0) is 6.54 Å². The van der Waals surface area contributed by atoms with E-state index in [1.165, 1.54) is 0 Å². The number of amides is 3. The molecule has 2 aromatic rings. The Kier molecular flexibility index (Phi) is 6.79. The summed E-state index contributed by atoms with van der Waals surface area (Å²) < 4.78 is 0. The minimum absolute atomic E-state index is 0.132. The van der Waals surface area contributed by atoms with Gasteiger partial charge in [-0.05, 0) is 36.2 Å². The second kappa shape index (κ2) is 9.32. The predicted octanol–water partition coefficient (Wildman–Crippen LogP) is 2.09. The molecule has 0 saturated heterocycles. The van der Waals surface area contributed by atoms with Gasteiger partial charge in [0.05, 0.1) is 0 Å². The number of hydrogen-bond donors (Lipinski definition) is 4. The van der Waals surface area contributed by atoms with Crippen molar-refractivity contribution in [3.8, 4) is 0 Å². The van der Waals surface area contributed by atoms with E-state index in [1.54, 1.807) is 12.1 Å². The molecule has 24 heavy (non-hydrogen) atoms. The minimum atomic E-state index is -0.259. The van der Waals surface area contributed by atoms with Crippen LogP contribution in [0.2, 0.25) is 0 Å². The average Bonchev–Trinajstić information content (AvgIpc) is 2.62. The van der Waals surface area contributed by atoms with Gasteiger partial charge in [0, 0.05) is 30.9 Å². The van der Waals surface area contributed by atoms with Gasteiger partial charge in [-0.15, -0.1) is 0 Å². The van der Waals surface area contributed by atoms with E-state index in [1.807, 2.05) is 42.5 Å². The minimum Gasteiger partial charge on any atom is -0.352 e. The van der Waals surface area contributed by atoms with Gasteiger partial charge in [-0.1, -0.05) is 30.3 Å². The van der Waals surface area contributed by atoms with Crippen molar-refractivity contribution in [2.45, 2.75) is 13.0 Å². The molecule has 0 spiro atoms. The summed E-state index contributed by atoms with van der Waals surface area (Å²) in [5, 5.41) is 8.29. The van der Waals surface area contributed by atoms with E-state index in [-0.39, 0.29) is 11.9 Å². The first kappa shape index (κ1) is 17.5. The topological polar surface area (TPSA) is 96.2 Å². The van der Waals surface area contributed by atoms with Gasteiger partial charge in [0.25, 0.3) is 5.91 Å². The standard InChI is InChI=1S/C18H22N4O2/c19-13-14-7-9-15(10-8-14)17(23)20-11-4-12-21-18(24)22-16-5-2-1-3-6-16/h1-3,5-10H,4,11-13,19H2,(H,20,23)(H2,21,22,24). The highest BCUT2D eigenvalue weighted by molar-refractivity contribution is 5.94. The zero-order chi connectivity index (χ0) is 17.2. The normalized spacial score (nSPS) is 10.0. The molecule has 0 aliphatic rings. The van der Waals surface area contributed by atoms with Gasteiger partial charge < -0.3 is 21.7 Å². The van der Waals surface area contributed by atoms with Crippen molar-refractivity contribution in [1.82, 2.24) is 10.6 Å². The Morgan fingerprint density at radius 1 is 0.875 bits per heavy atom. The van der Waals surface area contributed by atoms with E-state index in [0.717, 1.165) is 11.3 Å². The SMILES string of the molecule is NCc1ccc(C(=O)NCCCNC(=O)Nc2ccccc2)cc1. The molecule has 6 heteroatoms. The van der Waals surface area contributed by atoms with Crippen LogP contribution in [0.1, 0.15) is 22.3 Å². The highest BCUT2D eigenvalue weighted by Gasteiger charge is 2.05. The molecule has 2 aromatic carbocycles. The largest absolute Gasteiger partial charge is 0.352 e. The molecule has 0 radical (unpaired) electrons. The Hall–Kier alpha value is -2.86. The van der Waals surface area contributed by atoms with Gasteiger partial charge in [0.2, 0.25) is 0 Å². The van der Waals surface area contributed by atoms with Crippen LogP contribution in [0.25, 0.3) is 0 Å². The molecule has 0 heterocycles. The van der Waals surface area contributed by atoms with E-state index in [2.05, 4.69) is 16.0 Å². The Labute approximate surface area is 141 Å². The number of para-hydroxylation sites is 1. The third-order valence-corrected chi connectivity index (χ3v) is 3.41. The zero-order valence-corrected chi connectivity index (χ0v) is 13.4. The van der Waals surface area contributed by atoms with Crippen molar-refractivity contribution in [3.63, 3.8) is 0 Å². The molecular formula is C18H22N4O2. The first-order chi connectivity index (χ1) is 11.7. The molecule has 5 N–H and O–H groups in total. The molecule has 0 bridgehead atoms. The molecule has 0 saturated carbocycles. The van der Waals surface area contributed by atoms with Crippen LogP contribution < -0.4 is 21.7 Å². The number of carbonyl (C=O) groups excluding carboxylic acids is 2. The number of hydrogen-bond acceptors (Lipinski definition) is 3. The number of nitrogens with one attached hydrogen (secondary N) is 3. The summed E-state index contributed by atoms with van der Waals surface area (Å²) in [4.78, 5) is 23.6. The van der Waals surface area contributed by atoms with E-state index >= 15 is 0 Å². The molecule has 126 valence electrons. The Bertz CT molecular complexity index is 656. The number of benzene rings is 2. The van der Waals surface area contributed by atoms with E-state index in [0.29, 0.717) is 31.6 Å². The smallest absolute Gasteiger partial charge is 0.319 e. The Morgan fingerprint density at radius 3 is 2.21 bits per heavy atom. The van der Waals surface area contributed by atoms with Crippen molar-refractivity contribution in [3.05, 3.63) is 65.7 Å². The van der Waals surface area contributed by atoms with Crippen LogP contribution in [-0.4, -0.2) is 25.0 Å². The molecule has 0 aliphatic carbocycles. The fourth-order valence-corrected chi connectivity index (χ4v) is 2.08. The maximum Gasteiger partial charge on any atom is 0.319 e. The molecule has 6 nitrogen and oxygen atoms in total.